The van der Waals surface area contributed by atoms with Crippen LogP contribution in [0.4, 0.5) is 14.6 Å². The number of carbonyl (C=O) groups excluding carboxylic acids is 2. The zero-order valence-electron chi connectivity index (χ0n) is 15.7. The molecule has 2 aromatic rings. The van der Waals surface area contributed by atoms with E-state index in [-0.39, 0.29) is 18.3 Å². The van der Waals surface area contributed by atoms with Crippen LogP contribution in [0.2, 0.25) is 0 Å². The number of halogens is 2. The van der Waals surface area contributed by atoms with Crippen LogP contribution in [0.25, 0.3) is 0 Å². The third-order valence-corrected chi connectivity index (χ3v) is 5.02. The molecule has 0 saturated carbocycles. The first-order chi connectivity index (χ1) is 14.3. The van der Waals surface area contributed by atoms with Gasteiger partial charge in [-0.05, 0) is 13.3 Å². The smallest absolute Gasteiger partial charge is 0.276 e. The number of hydrazine groups is 1. The molecule has 2 aliphatic rings. The van der Waals surface area contributed by atoms with Gasteiger partial charge in [0.05, 0.1) is 19.3 Å². The Morgan fingerprint density at radius 3 is 2.87 bits per heavy atom. The van der Waals surface area contributed by atoms with Crippen LogP contribution in [0, 0.1) is 11.6 Å². The van der Waals surface area contributed by atoms with Crippen molar-refractivity contribution >= 4 is 17.6 Å². The lowest BCUT2D eigenvalue weighted by atomic mass is 10.1. The minimum absolute atomic E-state index is 0.112. The quantitative estimate of drug-likeness (QED) is 0.619. The molecule has 1 saturated heterocycles. The van der Waals surface area contributed by atoms with Crippen LogP contribution in [0.3, 0.4) is 0 Å². The molecule has 0 aromatic carbocycles. The maximum Gasteiger partial charge on any atom is 0.276 e. The van der Waals surface area contributed by atoms with Crippen molar-refractivity contribution in [1.82, 2.24) is 19.9 Å². The molecule has 0 aliphatic carbocycles. The number of anilines is 1. The number of aromatic hydroxyl groups is 1. The Morgan fingerprint density at radius 2 is 2.13 bits per heavy atom. The second-order valence-electron chi connectivity index (χ2n) is 6.96. The van der Waals surface area contributed by atoms with Crippen LogP contribution in [0.1, 0.15) is 34.2 Å². The average Bonchev–Trinajstić information content (AvgIpc) is 2.69. The summed E-state index contributed by atoms with van der Waals surface area (Å²) in [6, 6.07) is 0.425. The zero-order valence-corrected chi connectivity index (χ0v) is 15.7. The lowest BCUT2D eigenvalue weighted by molar-refractivity contribution is -0.112. The molecule has 4 rings (SSSR count). The number of nitrogens with zero attached hydrogens (tertiary/aromatic N) is 3. The number of rotatable bonds is 3. The van der Waals surface area contributed by atoms with Crippen LogP contribution in [-0.2, 0) is 11.3 Å². The van der Waals surface area contributed by atoms with Gasteiger partial charge >= 0.3 is 0 Å². The van der Waals surface area contributed by atoms with Gasteiger partial charge in [0.2, 0.25) is 5.43 Å². The summed E-state index contributed by atoms with van der Waals surface area (Å²) < 4.78 is 33.4. The summed E-state index contributed by atoms with van der Waals surface area (Å²) in [6.07, 6.45) is 1.88. The molecule has 2 aliphatic heterocycles. The van der Waals surface area contributed by atoms with Crippen LogP contribution in [0.5, 0.6) is 5.75 Å². The van der Waals surface area contributed by atoms with Gasteiger partial charge in [0.25, 0.3) is 11.8 Å². The van der Waals surface area contributed by atoms with E-state index in [2.05, 4.69) is 15.8 Å². The first kappa shape index (κ1) is 19.8. The molecule has 10 nitrogen and oxygen atoms in total. The highest BCUT2D eigenvalue weighted by Gasteiger charge is 2.41. The summed E-state index contributed by atoms with van der Waals surface area (Å²) in [4.78, 5) is 42.6. The lowest BCUT2D eigenvalue weighted by Crippen LogP contribution is -2.57. The standard InChI is InChI=1S/C18H17F2N5O5/c1-8-2-3-30-12-7-24-6-10(14(26)15(27)13(24)18(29)25(8)12)17(28)23-22-16-11(20)4-9(19)5-21-16/h4-6,8,12,27H,2-3,7H2,1H3,(H,21,22)(H,23,28)/t8-,12+/m1/s1. The number of fused-ring (bicyclic) bond motifs is 2. The first-order valence-electron chi connectivity index (χ1n) is 9.06. The van der Waals surface area contributed by atoms with E-state index in [1.54, 1.807) is 0 Å². The summed E-state index contributed by atoms with van der Waals surface area (Å²) >= 11 is 0. The molecular weight excluding hydrogens is 404 g/mol. The molecule has 1 fully saturated rings. The molecule has 158 valence electrons. The van der Waals surface area contributed by atoms with Gasteiger partial charge in [-0.25, -0.2) is 13.8 Å². The molecule has 0 unspecified atom stereocenters. The van der Waals surface area contributed by atoms with Gasteiger partial charge in [-0.3, -0.25) is 25.2 Å². The monoisotopic (exact) mass is 421 g/mol. The lowest BCUT2D eigenvalue weighted by Gasteiger charge is -2.44. The van der Waals surface area contributed by atoms with Crippen molar-refractivity contribution in [3.8, 4) is 5.75 Å². The summed E-state index contributed by atoms with van der Waals surface area (Å²) in [5, 5.41) is 10.3. The van der Waals surface area contributed by atoms with Gasteiger partial charge in [0, 0.05) is 18.3 Å². The predicted molar refractivity (Wildman–Crippen MR) is 97.6 cm³/mol. The Balaban J connectivity index is 1.63. The Labute approximate surface area is 168 Å². The number of pyridine rings is 2. The Hall–Kier alpha value is -3.54. The second-order valence-corrected chi connectivity index (χ2v) is 6.96. The minimum atomic E-state index is -1.06. The third-order valence-electron chi connectivity index (χ3n) is 5.02. The number of aromatic nitrogens is 2. The molecule has 3 N–H and O–H groups in total. The number of ether oxygens (including phenoxy) is 1. The molecular formula is C18H17F2N5O5. The summed E-state index contributed by atoms with van der Waals surface area (Å²) in [5.74, 6) is -4.88. The molecule has 2 amide bonds. The van der Waals surface area contributed by atoms with Gasteiger partial charge in [-0.15, -0.1) is 0 Å². The van der Waals surface area contributed by atoms with E-state index in [1.165, 1.54) is 9.47 Å². The van der Waals surface area contributed by atoms with E-state index in [0.29, 0.717) is 19.1 Å². The molecule has 2 aromatic heterocycles. The highest BCUT2D eigenvalue weighted by atomic mass is 19.1. The fraction of sp³-hybridized carbons (Fsp3) is 0.333. The Morgan fingerprint density at radius 1 is 1.37 bits per heavy atom. The van der Waals surface area contributed by atoms with Gasteiger partial charge in [-0.2, -0.15) is 0 Å². The maximum absolute atomic E-state index is 13.6. The number of carbonyl (C=O) groups is 2. The highest BCUT2D eigenvalue weighted by molar-refractivity contribution is 5.99. The third kappa shape index (κ3) is 3.24. The summed E-state index contributed by atoms with van der Waals surface area (Å²) in [7, 11) is 0. The predicted octanol–water partition coefficient (Wildman–Crippen LogP) is 0.575. The van der Waals surface area contributed by atoms with Gasteiger partial charge < -0.3 is 19.3 Å². The topological polar surface area (TPSA) is 126 Å². The molecule has 0 bridgehead atoms. The van der Waals surface area contributed by atoms with Crippen LogP contribution in [-0.4, -0.2) is 50.2 Å². The molecule has 30 heavy (non-hydrogen) atoms. The van der Waals surface area contributed by atoms with Crippen LogP contribution < -0.4 is 16.3 Å². The van der Waals surface area contributed by atoms with Crippen LogP contribution in [0.15, 0.2) is 23.3 Å². The van der Waals surface area contributed by atoms with Gasteiger partial charge in [0.15, 0.2) is 29.3 Å². The first-order valence-corrected chi connectivity index (χ1v) is 9.06. The largest absolute Gasteiger partial charge is 0.503 e. The maximum atomic E-state index is 13.6. The van der Waals surface area contributed by atoms with E-state index in [9.17, 15) is 28.3 Å². The van der Waals surface area contributed by atoms with Crippen molar-refractivity contribution in [1.29, 1.82) is 0 Å². The average molecular weight is 421 g/mol. The number of hydrogen-bond donors (Lipinski definition) is 3. The molecule has 12 heteroatoms. The fourth-order valence-electron chi connectivity index (χ4n) is 3.51. The number of nitrogens with one attached hydrogen (secondary N) is 2. The van der Waals surface area contributed by atoms with E-state index in [1.807, 2.05) is 6.92 Å². The highest BCUT2D eigenvalue weighted by Crippen LogP contribution is 2.29. The number of amides is 2. The Bertz CT molecular complexity index is 1110. The van der Waals surface area contributed by atoms with Crippen molar-refractivity contribution in [3.63, 3.8) is 0 Å². The van der Waals surface area contributed by atoms with Gasteiger partial charge in [-0.1, -0.05) is 0 Å². The van der Waals surface area contributed by atoms with Crippen molar-refractivity contribution in [2.24, 2.45) is 0 Å². The fourth-order valence-corrected chi connectivity index (χ4v) is 3.51. The van der Waals surface area contributed by atoms with Crippen molar-refractivity contribution in [3.05, 3.63) is 51.6 Å². The Kier molecular flexibility index (Phi) is 4.86. The molecule has 4 heterocycles. The van der Waals surface area contributed by atoms with E-state index < -0.39 is 52.2 Å². The molecule has 0 radical (unpaired) electrons. The minimum Gasteiger partial charge on any atom is -0.503 e. The zero-order chi connectivity index (χ0) is 21.6. The summed E-state index contributed by atoms with van der Waals surface area (Å²) in [6.45, 7) is 2.40. The van der Waals surface area contributed by atoms with Crippen molar-refractivity contribution in [2.45, 2.75) is 32.2 Å². The SMILES string of the molecule is C[C@@H]1CCO[C@H]2Cn3cc(C(=O)NNc4ncc(F)cc4F)c(=O)c(O)c3C(=O)N12. The van der Waals surface area contributed by atoms with Crippen molar-refractivity contribution in [2.75, 3.05) is 12.0 Å². The number of hydrogen-bond acceptors (Lipinski definition) is 7. The van der Waals surface area contributed by atoms with Crippen LogP contribution >= 0.6 is 0 Å². The normalized spacial score (nSPS) is 20.4. The molecule has 2 atom stereocenters. The molecule has 0 spiro atoms. The van der Waals surface area contributed by atoms with E-state index >= 15 is 0 Å². The second kappa shape index (κ2) is 7.37. The van der Waals surface area contributed by atoms with Crippen molar-refractivity contribution < 1.29 is 28.2 Å². The summed E-state index contributed by atoms with van der Waals surface area (Å²) in [5.41, 5.74) is 2.42. The van der Waals surface area contributed by atoms with E-state index in [0.717, 1.165) is 12.4 Å². The van der Waals surface area contributed by atoms with E-state index in [4.69, 9.17) is 4.74 Å². The van der Waals surface area contributed by atoms with Gasteiger partial charge in [0.1, 0.15) is 11.4 Å².